The molecule has 0 aromatic rings. The molecule has 3 nitrogen and oxygen atoms in total. The first-order valence-corrected chi connectivity index (χ1v) is 6.26. The highest BCUT2D eigenvalue weighted by atomic mass is 32.1. The maximum absolute atomic E-state index is 11.7. The Labute approximate surface area is 105 Å². The Morgan fingerprint density at radius 2 is 2.00 bits per heavy atom. The van der Waals surface area contributed by atoms with Gasteiger partial charge in [-0.25, -0.2) is 0 Å². The van der Waals surface area contributed by atoms with Crippen LogP contribution in [-0.2, 0) is 9.53 Å². The minimum absolute atomic E-state index is 0.0174. The van der Waals surface area contributed by atoms with Crippen molar-refractivity contribution in [3.05, 3.63) is 0 Å². The molecular weight excluding hydrogens is 222 g/mol. The Bertz CT molecular complexity index is 217. The third-order valence-corrected chi connectivity index (χ3v) is 3.46. The van der Waals surface area contributed by atoms with E-state index in [1.165, 1.54) is 0 Å². The van der Waals surface area contributed by atoms with Crippen molar-refractivity contribution in [1.82, 2.24) is 5.32 Å². The van der Waals surface area contributed by atoms with Crippen LogP contribution in [0, 0.1) is 11.3 Å². The number of thiol groups is 1. The third-order valence-electron chi connectivity index (χ3n) is 2.62. The van der Waals surface area contributed by atoms with E-state index in [0.29, 0.717) is 6.54 Å². The number of hydrogen-bond donors (Lipinski definition) is 2. The fraction of sp³-hybridized carbons (Fsp3) is 0.917. The number of carbonyl (C=O) groups excluding carboxylic acids is 1. The van der Waals surface area contributed by atoms with Gasteiger partial charge in [0, 0.05) is 20.3 Å². The van der Waals surface area contributed by atoms with Gasteiger partial charge in [0.15, 0.2) is 0 Å². The van der Waals surface area contributed by atoms with Crippen LogP contribution in [0.25, 0.3) is 0 Å². The molecule has 16 heavy (non-hydrogen) atoms. The molecule has 96 valence electrons. The topological polar surface area (TPSA) is 38.3 Å². The second-order valence-electron chi connectivity index (χ2n) is 5.31. The van der Waals surface area contributed by atoms with Gasteiger partial charge in [0.2, 0.25) is 5.91 Å². The number of hydrogen-bond acceptors (Lipinski definition) is 3. The van der Waals surface area contributed by atoms with E-state index in [4.69, 9.17) is 4.74 Å². The third kappa shape index (κ3) is 6.38. The number of nitrogens with one attached hydrogen (secondary N) is 1. The van der Waals surface area contributed by atoms with Crippen LogP contribution in [0.3, 0.4) is 0 Å². The molecule has 0 fully saturated rings. The molecule has 0 aromatic heterocycles. The Hall–Kier alpha value is -0.220. The molecule has 0 aliphatic heterocycles. The van der Waals surface area contributed by atoms with E-state index in [1.807, 2.05) is 13.8 Å². The fourth-order valence-electron chi connectivity index (χ4n) is 1.20. The highest BCUT2D eigenvalue weighted by Crippen LogP contribution is 2.19. The van der Waals surface area contributed by atoms with Crippen molar-refractivity contribution in [3.8, 4) is 0 Å². The van der Waals surface area contributed by atoms with Crippen molar-refractivity contribution in [2.24, 2.45) is 11.3 Å². The lowest BCUT2D eigenvalue weighted by molar-refractivity contribution is -0.121. The number of ether oxygens (including phenoxy) is 1. The normalized spacial score (nSPS) is 13.9. The summed E-state index contributed by atoms with van der Waals surface area (Å²) in [6.07, 6.45) is 0.933. The molecule has 0 saturated carbocycles. The molecule has 0 bridgehead atoms. The molecule has 1 amide bonds. The van der Waals surface area contributed by atoms with Gasteiger partial charge in [-0.1, -0.05) is 27.7 Å². The Morgan fingerprint density at radius 1 is 1.44 bits per heavy atom. The van der Waals surface area contributed by atoms with Gasteiger partial charge in [0.25, 0.3) is 0 Å². The molecule has 1 atom stereocenters. The van der Waals surface area contributed by atoms with Crippen molar-refractivity contribution in [2.45, 2.75) is 39.4 Å². The zero-order valence-electron chi connectivity index (χ0n) is 11.0. The monoisotopic (exact) mass is 247 g/mol. The summed E-state index contributed by atoms with van der Waals surface area (Å²) >= 11 is 4.28. The van der Waals surface area contributed by atoms with E-state index < -0.39 is 0 Å². The minimum Gasteiger partial charge on any atom is -0.385 e. The SMILES string of the molecule is COCCC(C)(C)CNC(=O)C(S)C(C)C. The number of rotatable bonds is 7. The van der Waals surface area contributed by atoms with Crippen LogP contribution in [0.4, 0.5) is 0 Å². The Balaban J connectivity index is 3.99. The molecule has 0 heterocycles. The number of amides is 1. The first kappa shape index (κ1) is 15.8. The largest absolute Gasteiger partial charge is 0.385 e. The van der Waals surface area contributed by atoms with Crippen LogP contribution < -0.4 is 5.32 Å². The molecule has 0 rings (SSSR count). The van der Waals surface area contributed by atoms with E-state index in [9.17, 15) is 4.79 Å². The van der Waals surface area contributed by atoms with Crippen LogP contribution in [0.5, 0.6) is 0 Å². The van der Waals surface area contributed by atoms with E-state index >= 15 is 0 Å². The van der Waals surface area contributed by atoms with Gasteiger partial charge in [0.05, 0.1) is 5.25 Å². The summed E-state index contributed by atoms with van der Waals surface area (Å²) in [5, 5.41) is 2.72. The van der Waals surface area contributed by atoms with Crippen LogP contribution >= 0.6 is 12.6 Å². The van der Waals surface area contributed by atoms with Crippen LogP contribution in [0.1, 0.15) is 34.1 Å². The summed E-state index contributed by atoms with van der Waals surface area (Å²) in [6.45, 7) is 9.61. The molecule has 0 saturated heterocycles. The maximum atomic E-state index is 11.7. The lowest BCUT2D eigenvalue weighted by Crippen LogP contribution is -2.40. The second kappa shape index (κ2) is 7.17. The van der Waals surface area contributed by atoms with E-state index in [0.717, 1.165) is 13.0 Å². The molecular formula is C12H25NO2S. The lowest BCUT2D eigenvalue weighted by atomic mass is 9.89. The first-order valence-electron chi connectivity index (χ1n) is 5.75. The zero-order chi connectivity index (χ0) is 12.8. The summed E-state index contributed by atoms with van der Waals surface area (Å²) in [7, 11) is 1.69. The maximum Gasteiger partial charge on any atom is 0.233 e. The minimum atomic E-state index is -0.224. The molecule has 0 aliphatic rings. The zero-order valence-corrected chi connectivity index (χ0v) is 11.9. The van der Waals surface area contributed by atoms with Crippen molar-refractivity contribution in [1.29, 1.82) is 0 Å². The Kier molecular flexibility index (Phi) is 7.07. The first-order chi connectivity index (χ1) is 7.30. The summed E-state index contributed by atoms with van der Waals surface area (Å²) in [6, 6.07) is 0. The molecule has 0 aromatic carbocycles. The van der Waals surface area contributed by atoms with Gasteiger partial charge in [0.1, 0.15) is 0 Å². The van der Waals surface area contributed by atoms with Crippen molar-refractivity contribution in [3.63, 3.8) is 0 Å². The van der Waals surface area contributed by atoms with E-state index in [2.05, 4.69) is 31.8 Å². The average molecular weight is 247 g/mol. The van der Waals surface area contributed by atoms with Crippen LogP contribution in [0.2, 0.25) is 0 Å². The molecule has 4 heteroatoms. The molecule has 0 radical (unpaired) electrons. The highest BCUT2D eigenvalue weighted by molar-refractivity contribution is 7.81. The summed E-state index contributed by atoms with van der Waals surface area (Å²) in [4.78, 5) is 11.7. The molecule has 0 aliphatic carbocycles. The van der Waals surface area contributed by atoms with Gasteiger partial charge < -0.3 is 10.1 Å². The van der Waals surface area contributed by atoms with Gasteiger partial charge in [-0.2, -0.15) is 12.6 Å². The van der Waals surface area contributed by atoms with Crippen LogP contribution in [0.15, 0.2) is 0 Å². The van der Waals surface area contributed by atoms with Gasteiger partial charge in [-0.05, 0) is 17.8 Å². The van der Waals surface area contributed by atoms with Gasteiger partial charge in [-0.15, -0.1) is 0 Å². The predicted molar refractivity (Wildman–Crippen MR) is 70.9 cm³/mol. The Morgan fingerprint density at radius 3 is 2.44 bits per heavy atom. The predicted octanol–water partition coefficient (Wildman–Crippen LogP) is 2.12. The second-order valence-corrected chi connectivity index (χ2v) is 5.87. The van der Waals surface area contributed by atoms with Crippen molar-refractivity contribution in [2.75, 3.05) is 20.3 Å². The summed E-state index contributed by atoms with van der Waals surface area (Å²) in [5.41, 5.74) is 0.0656. The standard InChI is InChI=1S/C12H25NO2S/c1-9(2)10(16)11(14)13-8-12(3,4)6-7-15-5/h9-10,16H,6-8H2,1-5H3,(H,13,14). The van der Waals surface area contributed by atoms with Crippen LogP contribution in [-0.4, -0.2) is 31.4 Å². The summed E-state index contributed by atoms with van der Waals surface area (Å²) in [5.74, 6) is 0.272. The van der Waals surface area contributed by atoms with Gasteiger partial charge in [-0.3, -0.25) is 4.79 Å². The fourth-order valence-corrected chi connectivity index (χ4v) is 1.29. The lowest BCUT2D eigenvalue weighted by Gasteiger charge is -2.25. The highest BCUT2D eigenvalue weighted by Gasteiger charge is 2.22. The summed E-state index contributed by atoms with van der Waals surface area (Å²) < 4.78 is 5.04. The number of methoxy groups -OCH3 is 1. The smallest absolute Gasteiger partial charge is 0.233 e. The molecule has 0 spiro atoms. The molecule has 1 N–H and O–H groups in total. The number of carbonyl (C=O) groups is 1. The average Bonchev–Trinajstić information content (AvgIpc) is 2.22. The van der Waals surface area contributed by atoms with Crippen molar-refractivity contribution >= 4 is 18.5 Å². The van der Waals surface area contributed by atoms with Crippen molar-refractivity contribution < 1.29 is 9.53 Å². The molecule has 1 unspecified atom stereocenters. The van der Waals surface area contributed by atoms with Gasteiger partial charge >= 0.3 is 0 Å². The van der Waals surface area contributed by atoms with E-state index in [1.54, 1.807) is 7.11 Å². The van der Waals surface area contributed by atoms with E-state index in [-0.39, 0.29) is 22.5 Å². The quantitative estimate of drug-likeness (QED) is 0.676.